The number of nitrogens with zero attached hydrogens (tertiary/aromatic N) is 3. The molecule has 0 aliphatic carbocycles. The molecular formula is C16H16ClN5O. The highest BCUT2D eigenvalue weighted by atomic mass is 35.5. The Kier molecular flexibility index (Phi) is 4.43. The van der Waals surface area contributed by atoms with Gasteiger partial charge in [0.25, 0.3) is 0 Å². The average molecular weight is 330 g/mol. The fraction of sp³-hybridized carbons (Fsp3) is 0.188. The molecule has 0 aliphatic rings. The minimum atomic E-state index is 0.00672. The number of halogens is 1. The van der Waals surface area contributed by atoms with Crippen molar-refractivity contribution in [2.45, 2.75) is 6.42 Å². The number of rotatable bonds is 5. The largest absolute Gasteiger partial charge is 0.384 e. The van der Waals surface area contributed by atoms with Crippen LogP contribution >= 0.6 is 11.6 Å². The highest BCUT2D eigenvalue weighted by molar-refractivity contribution is 6.30. The fourth-order valence-electron chi connectivity index (χ4n) is 2.16. The van der Waals surface area contributed by atoms with Crippen LogP contribution < -0.4 is 10.6 Å². The molecule has 2 N–H and O–H groups in total. The Bertz CT molecular complexity index is 828. The molecule has 0 saturated carbocycles. The van der Waals surface area contributed by atoms with Crippen molar-refractivity contribution in [3.8, 4) is 5.69 Å². The van der Waals surface area contributed by atoms with E-state index in [4.69, 9.17) is 11.6 Å². The summed E-state index contributed by atoms with van der Waals surface area (Å²) in [5.74, 6) is 0.00672. The lowest BCUT2D eigenvalue weighted by molar-refractivity contribution is -0.120. The molecular weight excluding hydrogens is 314 g/mol. The van der Waals surface area contributed by atoms with Crippen LogP contribution in [0.15, 0.2) is 42.5 Å². The second-order valence-corrected chi connectivity index (χ2v) is 5.46. The summed E-state index contributed by atoms with van der Waals surface area (Å²) in [5.41, 5.74) is 3.34. The molecule has 6 nitrogen and oxygen atoms in total. The van der Waals surface area contributed by atoms with E-state index in [0.717, 1.165) is 22.4 Å². The number of amides is 1. The molecule has 3 rings (SSSR count). The lowest BCUT2D eigenvalue weighted by Crippen LogP contribution is -2.20. The van der Waals surface area contributed by atoms with E-state index in [1.54, 1.807) is 24.0 Å². The third kappa shape index (κ3) is 3.60. The molecule has 0 fully saturated rings. The fourth-order valence-corrected chi connectivity index (χ4v) is 2.29. The highest BCUT2D eigenvalue weighted by Crippen LogP contribution is 2.18. The maximum atomic E-state index is 11.2. The molecule has 118 valence electrons. The first-order chi connectivity index (χ1) is 11.2. The summed E-state index contributed by atoms with van der Waals surface area (Å²) in [7, 11) is 1.63. The van der Waals surface area contributed by atoms with Crippen molar-refractivity contribution < 1.29 is 4.79 Å². The number of nitrogens with one attached hydrogen (secondary N) is 2. The Balaban J connectivity index is 1.78. The first-order valence-corrected chi connectivity index (χ1v) is 7.61. The van der Waals surface area contributed by atoms with Gasteiger partial charge in [-0.3, -0.25) is 4.79 Å². The zero-order chi connectivity index (χ0) is 16.2. The maximum Gasteiger partial charge on any atom is 0.221 e. The zero-order valence-electron chi connectivity index (χ0n) is 12.6. The monoisotopic (exact) mass is 329 g/mol. The van der Waals surface area contributed by atoms with Crippen molar-refractivity contribution in [2.24, 2.45) is 0 Å². The van der Waals surface area contributed by atoms with E-state index in [0.29, 0.717) is 18.0 Å². The third-order valence-electron chi connectivity index (χ3n) is 3.40. The van der Waals surface area contributed by atoms with Gasteiger partial charge in [0.2, 0.25) is 5.91 Å². The number of hydrogen-bond donors (Lipinski definition) is 2. The molecule has 1 heterocycles. The third-order valence-corrected chi connectivity index (χ3v) is 3.65. The lowest BCUT2D eigenvalue weighted by Gasteiger charge is -2.04. The van der Waals surface area contributed by atoms with Crippen molar-refractivity contribution in [1.82, 2.24) is 20.3 Å². The predicted molar refractivity (Wildman–Crippen MR) is 91.0 cm³/mol. The number of carbonyl (C=O) groups is 1. The summed E-state index contributed by atoms with van der Waals surface area (Å²) in [6, 6.07) is 13.1. The van der Waals surface area contributed by atoms with Gasteiger partial charge in [-0.05, 0) is 42.5 Å². The first-order valence-electron chi connectivity index (χ1n) is 7.23. The van der Waals surface area contributed by atoms with E-state index in [-0.39, 0.29) is 5.91 Å². The topological polar surface area (TPSA) is 71.8 Å². The van der Waals surface area contributed by atoms with E-state index in [2.05, 4.69) is 20.8 Å². The van der Waals surface area contributed by atoms with Gasteiger partial charge in [-0.1, -0.05) is 11.6 Å². The van der Waals surface area contributed by atoms with Crippen LogP contribution in [0.1, 0.15) is 6.42 Å². The average Bonchev–Trinajstić information content (AvgIpc) is 2.98. The van der Waals surface area contributed by atoms with E-state index < -0.39 is 0 Å². The normalized spacial score (nSPS) is 10.7. The van der Waals surface area contributed by atoms with Gasteiger partial charge < -0.3 is 10.6 Å². The van der Waals surface area contributed by atoms with Crippen LogP contribution in [0.5, 0.6) is 0 Å². The molecule has 0 spiro atoms. The van der Waals surface area contributed by atoms with Gasteiger partial charge >= 0.3 is 0 Å². The Morgan fingerprint density at radius 3 is 2.61 bits per heavy atom. The SMILES string of the molecule is CNC(=O)CCNc1ccc2nn(-c3ccc(Cl)cc3)nc2c1. The molecule has 7 heteroatoms. The molecule has 1 amide bonds. The van der Waals surface area contributed by atoms with Crippen LogP contribution in [0.25, 0.3) is 16.7 Å². The summed E-state index contributed by atoms with van der Waals surface area (Å²) < 4.78 is 0. The molecule has 0 unspecified atom stereocenters. The summed E-state index contributed by atoms with van der Waals surface area (Å²) in [6.07, 6.45) is 0.423. The standard InChI is InChI=1S/C16H16ClN5O/c1-18-16(23)8-9-19-12-4-7-14-15(10-12)21-22(20-14)13-5-2-11(17)3-6-13/h2-7,10,19H,8-9H2,1H3,(H,18,23). The highest BCUT2D eigenvalue weighted by Gasteiger charge is 2.06. The number of hydrogen-bond acceptors (Lipinski definition) is 4. The number of aromatic nitrogens is 3. The van der Waals surface area contributed by atoms with E-state index in [1.807, 2.05) is 30.3 Å². The maximum absolute atomic E-state index is 11.2. The minimum Gasteiger partial charge on any atom is -0.384 e. The van der Waals surface area contributed by atoms with Crippen LogP contribution in [0.3, 0.4) is 0 Å². The molecule has 2 aromatic carbocycles. The summed E-state index contributed by atoms with van der Waals surface area (Å²) in [5, 5.41) is 15.4. The van der Waals surface area contributed by atoms with Gasteiger partial charge in [-0.2, -0.15) is 4.80 Å². The van der Waals surface area contributed by atoms with Gasteiger partial charge in [-0.25, -0.2) is 0 Å². The van der Waals surface area contributed by atoms with Crippen molar-refractivity contribution in [2.75, 3.05) is 18.9 Å². The number of benzene rings is 2. The Morgan fingerprint density at radius 2 is 1.87 bits per heavy atom. The Morgan fingerprint density at radius 1 is 1.13 bits per heavy atom. The minimum absolute atomic E-state index is 0.00672. The van der Waals surface area contributed by atoms with Crippen LogP contribution in [0.2, 0.25) is 5.02 Å². The molecule has 3 aromatic rings. The van der Waals surface area contributed by atoms with E-state index in [9.17, 15) is 4.79 Å². The molecule has 0 saturated heterocycles. The van der Waals surface area contributed by atoms with E-state index >= 15 is 0 Å². The van der Waals surface area contributed by atoms with Gasteiger partial charge in [0, 0.05) is 30.7 Å². The van der Waals surface area contributed by atoms with Crippen LogP contribution in [0, 0.1) is 0 Å². The second kappa shape index (κ2) is 6.66. The number of carbonyl (C=O) groups excluding carboxylic acids is 1. The van der Waals surface area contributed by atoms with Crippen molar-refractivity contribution in [1.29, 1.82) is 0 Å². The molecule has 1 aromatic heterocycles. The zero-order valence-corrected chi connectivity index (χ0v) is 13.3. The van der Waals surface area contributed by atoms with Crippen molar-refractivity contribution in [3.63, 3.8) is 0 Å². The summed E-state index contributed by atoms with van der Waals surface area (Å²) in [4.78, 5) is 12.8. The van der Waals surface area contributed by atoms with Crippen LogP contribution in [-0.2, 0) is 4.79 Å². The summed E-state index contributed by atoms with van der Waals surface area (Å²) in [6.45, 7) is 0.566. The van der Waals surface area contributed by atoms with Crippen molar-refractivity contribution >= 4 is 34.2 Å². The summed E-state index contributed by atoms with van der Waals surface area (Å²) >= 11 is 5.89. The molecule has 0 radical (unpaired) electrons. The molecule has 23 heavy (non-hydrogen) atoms. The molecule has 0 aliphatic heterocycles. The van der Waals surface area contributed by atoms with Gasteiger partial charge in [0.15, 0.2) is 0 Å². The predicted octanol–water partition coefficient (Wildman–Crippen LogP) is 2.62. The van der Waals surface area contributed by atoms with Gasteiger partial charge in [-0.15, -0.1) is 10.2 Å². The van der Waals surface area contributed by atoms with Crippen LogP contribution in [0.4, 0.5) is 5.69 Å². The number of fused-ring (bicyclic) bond motifs is 1. The second-order valence-electron chi connectivity index (χ2n) is 5.02. The van der Waals surface area contributed by atoms with E-state index in [1.165, 1.54) is 0 Å². The Hall–Kier alpha value is -2.60. The number of anilines is 1. The van der Waals surface area contributed by atoms with Gasteiger partial charge in [0.1, 0.15) is 11.0 Å². The smallest absolute Gasteiger partial charge is 0.221 e. The lowest BCUT2D eigenvalue weighted by atomic mass is 10.2. The van der Waals surface area contributed by atoms with Crippen LogP contribution in [-0.4, -0.2) is 34.5 Å². The van der Waals surface area contributed by atoms with Gasteiger partial charge in [0.05, 0.1) is 5.69 Å². The molecule has 0 bridgehead atoms. The first kappa shape index (κ1) is 15.3. The molecule has 0 atom stereocenters. The quantitative estimate of drug-likeness (QED) is 0.754. The Labute approximate surface area is 138 Å². The van der Waals surface area contributed by atoms with Crippen molar-refractivity contribution in [3.05, 3.63) is 47.5 Å².